The number of hydrazine groups is 1. The number of nitrogens with zero attached hydrogens (tertiary/aromatic N) is 2. The minimum Gasteiger partial charge on any atom is -0.370 e. The van der Waals surface area contributed by atoms with Gasteiger partial charge >= 0.3 is 6.18 Å². The number of amides is 1. The predicted octanol–water partition coefficient (Wildman–Crippen LogP) is 0.964. The van der Waals surface area contributed by atoms with Gasteiger partial charge in [-0.3, -0.25) is 14.8 Å². The molecule has 8 heteroatoms. The van der Waals surface area contributed by atoms with Crippen molar-refractivity contribution in [1.29, 1.82) is 0 Å². The summed E-state index contributed by atoms with van der Waals surface area (Å²) in [5, 5.41) is 1.38. The second-order valence-corrected chi connectivity index (χ2v) is 3.97. The molecule has 5 nitrogen and oxygen atoms in total. The molecule has 2 rings (SSSR count). The van der Waals surface area contributed by atoms with Crippen LogP contribution in [0.3, 0.4) is 0 Å². The van der Waals surface area contributed by atoms with Gasteiger partial charge in [0.05, 0.1) is 31.0 Å². The number of alkyl halides is 3. The molecule has 1 saturated heterocycles. The first-order chi connectivity index (χ1) is 8.97. The third kappa shape index (κ3) is 3.65. The molecule has 0 aliphatic carbocycles. The highest BCUT2D eigenvalue weighted by Gasteiger charge is 2.30. The third-order valence-electron chi connectivity index (χ3n) is 2.59. The topological polar surface area (TPSA) is 54.5 Å². The Morgan fingerprint density at radius 1 is 1.42 bits per heavy atom. The highest BCUT2D eigenvalue weighted by Crippen LogP contribution is 2.28. The van der Waals surface area contributed by atoms with E-state index in [1.165, 1.54) is 11.1 Å². The van der Waals surface area contributed by atoms with E-state index in [2.05, 4.69) is 10.4 Å². The maximum absolute atomic E-state index is 12.3. The molecule has 0 atom stereocenters. The van der Waals surface area contributed by atoms with Crippen LogP contribution in [-0.2, 0) is 22.3 Å². The lowest BCUT2D eigenvalue weighted by Gasteiger charge is -2.27. The molecular weight excluding hydrogens is 263 g/mol. The van der Waals surface area contributed by atoms with E-state index in [9.17, 15) is 18.0 Å². The Balaban J connectivity index is 1.91. The van der Waals surface area contributed by atoms with Crippen molar-refractivity contribution in [1.82, 2.24) is 15.4 Å². The summed E-state index contributed by atoms with van der Waals surface area (Å²) in [6.45, 7) is 1.02. The van der Waals surface area contributed by atoms with E-state index in [0.29, 0.717) is 18.8 Å². The summed E-state index contributed by atoms with van der Waals surface area (Å²) in [4.78, 5) is 15.1. The number of morpholine rings is 1. The third-order valence-corrected chi connectivity index (χ3v) is 2.59. The van der Waals surface area contributed by atoms with Crippen LogP contribution in [0.5, 0.6) is 0 Å². The summed E-state index contributed by atoms with van der Waals surface area (Å²) in [6.07, 6.45) is -3.61. The van der Waals surface area contributed by atoms with Crippen molar-refractivity contribution in [2.75, 3.05) is 19.8 Å². The summed E-state index contributed by atoms with van der Waals surface area (Å²) in [5.74, 6) is -0.210. The first-order valence-corrected chi connectivity index (χ1v) is 5.60. The van der Waals surface area contributed by atoms with E-state index >= 15 is 0 Å². The van der Waals surface area contributed by atoms with E-state index in [-0.39, 0.29) is 19.1 Å². The quantitative estimate of drug-likeness (QED) is 0.893. The fourth-order valence-electron chi connectivity index (χ4n) is 1.56. The summed E-state index contributed by atoms with van der Waals surface area (Å²) in [6, 6.07) is 2.24. The number of pyridine rings is 1. The Labute approximate surface area is 107 Å². The zero-order chi connectivity index (χ0) is 13.9. The lowest BCUT2D eigenvalue weighted by molar-refractivity contribution is -0.147. The molecule has 1 aliphatic heterocycles. The Morgan fingerprint density at radius 3 is 2.79 bits per heavy atom. The van der Waals surface area contributed by atoms with E-state index in [1.807, 2.05) is 0 Å². The summed E-state index contributed by atoms with van der Waals surface area (Å²) in [5.41, 5.74) is 2.44. The predicted molar refractivity (Wildman–Crippen MR) is 58.6 cm³/mol. The maximum atomic E-state index is 12.3. The first-order valence-electron chi connectivity index (χ1n) is 5.60. The van der Waals surface area contributed by atoms with Gasteiger partial charge in [-0.2, -0.15) is 13.2 Å². The van der Waals surface area contributed by atoms with E-state index < -0.39 is 11.7 Å². The van der Waals surface area contributed by atoms with Crippen LogP contribution in [0.1, 0.15) is 11.3 Å². The average molecular weight is 275 g/mol. The van der Waals surface area contributed by atoms with Crippen LogP contribution in [-0.4, -0.2) is 35.7 Å². The molecule has 0 saturated carbocycles. The van der Waals surface area contributed by atoms with Crippen molar-refractivity contribution in [3.8, 4) is 0 Å². The second-order valence-electron chi connectivity index (χ2n) is 3.97. The van der Waals surface area contributed by atoms with Crippen molar-refractivity contribution in [2.24, 2.45) is 0 Å². The van der Waals surface area contributed by atoms with Gasteiger partial charge < -0.3 is 4.74 Å². The second kappa shape index (κ2) is 5.54. The smallest absolute Gasteiger partial charge is 0.370 e. The van der Waals surface area contributed by atoms with Crippen LogP contribution in [0.25, 0.3) is 0 Å². The van der Waals surface area contributed by atoms with Gasteiger partial charge in [0.15, 0.2) is 0 Å². The molecule has 1 fully saturated rings. The van der Waals surface area contributed by atoms with Crippen LogP contribution < -0.4 is 5.43 Å². The van der Waals surface area contributed by atoms with Crippen LogP contribution in [0.2, 0.25) is 0 Å². The monoisotopic (exact) mass is 275 g/mol. The number of nitrogens with one attached hydrogen (secondary N) is 1. The van der Waals surface area contributed by atoms with Crippen LogP contribution in [0, 0.1) is 0 Å². The van der Waals surface area contributed by atoms with Crippen LogP contribution in [0.15, 0.2) is 18.3 Å². The molecule has 0 unspecified atom stereocenters. The molecule has 0 spiro atoms. The molecule has 104 valence electrons. The normalized spacial score (nSPS) is 16.8. The van der Waals surface area contributed by atoms with E-state index in [0.717, 1.165) is 12.3 Å². The number of hydrogen-bond donors (Lipinski definition) is 1. The highest BCUT2D eigenvalue weighted by atomic mass is 19.4. The van der Waals surface area contributed by atoms with Crippen LogP contribution in [0.4, 0.5) is 13.2 Å². The number of aromatic nitrogens is 1. The fourth-order valence-corrected chi connectivity index (χ4v) is 1.56. The maximum Gasteiger partial charge on any atom is 0.417 e. The van der Waals surface area contributed by atoms with Crippen molar-refractivity contribution >= 4 is 5.91 Å². The molecule has 19 heavy (non-hydrogen) atoms. The number of rotatable bonds is 3. The SMILES string of the molecule is O=C1COCCN1NCc1ccc(C(F)(F)F)cn1. The van der Waals surface area contributed by atoms with Gasteiger partial charge in [0.25, 0.3) is 5.91 Å². The lowest BCUT2D eigenvalue weighted by Crippen LogP contribution is -2.49. The molecule has 0 aromatic carbocycles. The van der Waals surface area contributed by atoms with Gasteiger partial charge in [-0.25, -0.2) is 5.43 Å². The fraction of sp³-hybridized carbons (Fsp3) is 0.455. The summed E-state index contributed by atoms with van der Waals surface area (Å²) in [7, 11) is 0. The molecule has 0 bridgehead atoms. The van der Waals surface area contributed by atoms with Crippen molar-refractivity contribution < 1.29 is 22.7 Å². The summed E-state index contributed by atoms with van der Waals surface area (Å²) < 4.78 is 41.9. The Bertz CT molecular complexity index is 447. The standard InChI is InChI=1S/C11H12F3N3O2/c12-11(13,14)8-1-2-9(15-5-8)6-16-17-3-4-19-7-10(17)18/h1-2,5,16H,3-4,6-7H2. The molecular formula is C11H12F3N3O2. The zero-order valence-corrected chi connectivity index (χ0v) is 9.91. The zero-order valence-electron chi connectivity index (χ0n) is 9.91. The molecule has 2 heterocycles. The number of hydrogen-bond acceptors (Lipinski definition) is 4. The Hall–Kier alpha value is -1.67. The number of carbonyl (C=O) groups excluding carboxylic acids is 1. The van der Waals surface area contributed by atoms with Crippen molar-refractivity contribution in [3.05, 3.63) is 29.6 Å². The molecule has 0 radical (unpaired) electrons. The van der Waals surface area contributed by atoms with E-state index in [1.54, 1.807) is 0 Å². The largest absolute Gasteiger partial charge is 0.417 e. The van der Waals surface area contributed by atoms with Gasteiger partial charge in [0.2, 0.25) is 0 Å². The molecule has 1 N–H and O–H groups in total. The average Bonchev–Trinajstić information content (AvgIpc) is 2.37. The number of ether oxygens (including phenoxy) is 1. The lowest BCUT2D eigenvalue weighted by atomic mass is 10.2. The van der Waals surface area contributed by atoms with Gasteiger partial charge in [-0.05, 0) is 12.1 Å². The van der Waals surface area contributed by atoms with Gasteiger partial charge in [-0.15, -0.1) is 0 Å². The highest BCUT2D eigenvalue weighted by molar-refractivity contribution is 5.77. The van der Waals surface area contributed by atoms with Gasteiger partial charge in [0, 0.05) is 6.20 Å². The van der Waals surface area contributed by atoms with Gasteiger partial charge in [0.1, 0.15) is 6.61 Å². The first kappa shape index (κ1) is 13.8. The van der Waals surface area contributed by atoms with Crippen molar-refractivity contribution in [3.63, 3.8) is 0 Å². The summed E-state index contributed by atoms with van der Waals surface area (Å²) >= 11 is 0. The number of halogens is 3. The minimum absolute atomic E-state index is 0.00738. The Kier molecular flexibility index (Phi) is 4.01. The molecule has 1 aromatic heterocycles. The minimum atomic E-state index is -4.39. The molecule has 1 aromatic rings. The number of carbonyl (C=O) groups is 1. The van der Waals surface area contributed by atoms with Crippen LogP contribution >= 0.6 is 0 Å². The van der Waals surface area contributed by atoms with Gasteiger partial charge in [-0.1, -0.05) is 0 Å². The Morgan fingerprint density at radius 2 is 2.21 bits per heavy atom. The van der Waals surface area contributed by atoms with Crippen molar-refractivity contribution in [2.45, 2.75) is 12.7 Å². The van der Waals surface area contributed by atoms with E-state index in [4.69, 9.17) is 4.74 Å². The molecule has 1 aliphatic rings. The molecule has 1 amide bonds.